The van der Waals surface area contributed by atoms with Crippen molar-refractivity contribution in [2.75, 3.05) is 11.1 Å². The highest BCUT2D eigenvalue weighted by Crippen LogP contribution is 2.15. The van der Waals surface area contributed by atoms with Crippen LogP contribution in [0.25, 0.3) is 0 Å². The number of hydrogen-bond donors (Lipinski definition) is 3. The Labute approximate surface area is 97.2 Å². The lowest BCUT2D eigenvalue weighted by atomic mass is 10.3. The minimum absolute atomic E-state index is 0.0151. The van der Waals surface area contributed by atoms with Crippen molar-refractivity contribution < 1.29 is 4.79 Å². The molecule has 0 aliphatic carbocycles. The van der Waals surface area contributed by atoms with Crippen molar-refractivity contribution in [1.29, 1.82) is 0 Å². The first-order valence-electron chi connectivity index (χ1n) is 5.03. The molecule has 0 aromatic carbocycles. The Morgan fingerprint density at radius 1 is 1.59 bits per heavy atom. The summed E-state index contributed by atoms with van der Waals surface area (Å²) in [4.78, 5) is 12.9. The van der Waals surface area contributed by atoms with Gasteiger partial charge < -0.3 is 11.1 Å². The molecule has 0 radical (unpaired) electrons. The van der Waals surface area contributed by atoms with Crippen LogP contribution in [-0.2, 0) is 11.3 Å². The van der Waals surface area contributed by atoms with Crippen LogP contribution in [-0.4, -0.2) is 31.1 Å². The van der Waals surface area contributed by atoms with E-state index in [4.69, 9.17) is 5.73 Å². The second-order valence-corrected chi connectivity index (χ2v) is 3.66. The number of carbonyl (C=O) groups is 1. The molecule has 0 saturated heterocycles. The van der Waals surface area contributed by atoms with Crippen molar-refractivity contribution in [3.63, 3.8) is 0 Å². The van der Waals surface area contributed by atoms with Crippen LogP contribution in [0.5, 0.6) is 0 Å². The summed E-state index contributed by atoms with van der Waals surface area (Å²) < 4.78 is 0. The van der Waals surface area contributed by atoms with Crippen LogP contribution in [0.15, 0.2) is 6.20 Å². The van der Waals surface area contributed by atoms with E-state index in [0.29, 0.717) is 5.69 Å². The molecule has 0 fully saturated rings. The molecule has 0 atom stereocenters. The zero-order valence-corrected chi connectivity index (χ0v) is 9.56. The fraction of sp³-hybridized carbons (Fsp3) is 0.333. The molecular weight excluding hydrogens is 222 g/mol. The standard InChI is InChI=1S/C9H13N7O/c1-5-9(6(2)14-13-5)12-8(17)4-16-11-3-7(10)15-16/h3H,4H2,1-2H3,(H2,10,15)(H,12,17)(H,13,14). The second kappa shape index (κ2) is 4.24. The average molecular weight is 235 g/mol. The first kappa shape index (κ1) is 11.1. The third-order valence-corrected chi connectivity index (χ3v) is 2.23. The van der Waals surface area contributed by atoms with E-state index in [2.05, 4.69) is 25.7 Å². The van der Waals surface area contributed by atoms with Crippen LogP contribution >= 0.6 is 0 Å². The molecule has 0 aliphatic rings. The lowest BCUT2D eigenvalue weighted by molar-refractivity contribution is -0.117. The van der Waals surface area contributed by atoms with E-state index in [-0.39, 0.29) is 18.3 Å². The largest absolute Gasteiger partial charge is 0.381 e. The lowest BCUT2D eigenvalue weighted by Crippen LogP contribution is -2.21. The molecular formula is C9H13N7O. The maximum atomic E-state index is 11.7. The smallest absolute Gasteiger partial charge is 0.248 e. The van der Waals surface area contributed by atoms with Gasteiger partial charge in [-0.3, -0.25) is 9.89 Å². The highest BCUT2D eigenvalue weighted by atomic mass is 16.2. The fourth-order valence-corrected chi connectivity index (χ4v) is 1.43. The normalized spacial score (nSPS) is 10.5. The van der Waals surface area contributed by atoms with E-state index < -0.39 is 0 Å². The molecule has 2 aromatic heterocycles. The summed E-state index contributed by atoms with van der Waals surface area (Å²) in [5.74, 6) is 0.0571. The van der Waals surface area contributed by atoms with Gasteiger partial charge >= 0.3 is 0 Å². The number of H-pyrrole nitrogens is 1. The van der Waals surface area contributed by atoms with Crippen molar-refractivity contribution in [1.82, 2.24) is 25.2 Å². The van der Waals surface area contributed by atoms with Crippen molar-refractivity contribution in [3.05, 3.63) is 17.6 Å². The molecule has 2 heterocycles. The third-order valence-electron chi connectivity index (χ3n) is 2.23. The van der Waals surface area contributed by atoms with E-state index >= 15 is 0 Å². The number of aromatic amines is 1. The maximum absolute atomic E-state index is 11.7. The van der Waals surface area contributed by atoms with E-state index in [1.165, 1.54) is 11.0 Å². The number of nitrogens with two attached hydrogens (primary N) is 1. The molecule has 4 N–H and O–H groups in total. The highest BCUT2D eigenvalue weighted by molar-refractivity contribution is 5.91. The third kappa shape index (κ3) is 2.41. The van der Waals surface area contributed by atoms with Gasteiger partial charge in [0, 0.05) is 0 Å². The van der Waals surface area contributed by atoms with Crippen LogP contribution in [0.2, 0.25) is 0 Å². The van der Waals surface area contributed by atoms with E-state index in [9.17, 15) is 4.79 Å². The van der Waals surface area contributed by atoms with Gasteiger partial charge in [0.1, 0.15) is 6.54 Å². The molecule has 2 rings (SSSR count). The predicted molar refractivity (Wildman–Crippen MR) is 61.1 cm³/mol. The maximum Gasteiger partial charge on any atom is 0.248 e. The summed E-state index contributed by atoms with van der Waals surface area (Å²) in [7, 11) is 0. The number of hydrogen-bond acceptors (Lipinski definition) is 5. The zero-order valence-electron chi connectivity index (χ0n) is 9.56. The number of nitrogens with one attached hydrogen (secondary N) is 2. The first-order chi connectivity index (χ1) is 8.06. The van der Waals surface area contributed by atoms with Gasteiger partial charge in [0.05, 0.1) is 23.3 Å². The summed E-state index contributed by atoms with van der Waals surface area (Å²) in [5.41, 5.74) is 7.64. The minimum Gasteiger partial charge on any atom is -0.381 e. The summed E-state index contributed by atoms with van der Waals surface area (Å²) in [6.07, 6.45) is 1.39. The Balaban J connectivity index is 2.03. The number of anilines is 2. The Morgan fingerprint density at radius 3 is 2.88 bits per heavy atom. The van der Waals surface area contributed by atoms with E-state index in [1.54, 1.807) is 0 Å². The average Bonchev–Trinajstić information content (AvgIpc) is 2.79. The lowest BCUT2D eigenvalue weighted by Gasteiger charge is -2.04. The van der Waals surface area contributed by atoms with Crippen LogP contribution < -0.4 is 11.1 Å². The Kier molecular flexibility index (Phi) is 2.77. The number of nitrogen functional groups attached to an aromatic ring is 1. The molecule has 0 spiro atoms. The molecule has 0 unspecified atom stereocenters. The Bertz CT molecular complexity index is 522. The molecule has 0 aliphatic heterocycles. The number of aryl methyl sites for hydroxylation is 2. The molecule has 90 valence electrons. The van der Waals surface area contributed by atoms with Gasteiger partial charge in [0.2, 0.25) is 5.91 Å². The van der Waals surface area contributed by atoms with Gasteiger partial charge in [-0.05, 0) is 13.8 Å². The quantitative estimate of drug-likeness (QED) is 0.683. The van der Waals surface area contributed by atoms with Gasteiger partial charge in [0.25, 0.3) is 0 Å². The van der Waals surface area contributed by atoms with Crippen LogP contribution in [0.4, 0.5) is 11.5 Å². The molecule has 8 heteroatoms. The van der Waals surface area contributed by atoms with Gasteiger partial charge in [0.15, 0.2) is 5.82 Å². The monoisotopic (exact) mass is 235 g/mol. The van der Waals surface area contributed by atoms with Crippen LogP contribution in [0, 0.1) is 13.8 Å². The first-order valence-corrected chi connectivity index (χ1v) is 5.03. The van der Waals surface area contributed by atoms with Crippen molar-refractivity contribution in [2.24, 2.45) is 0 Å². The van der Waals surface area contributed by atoms with Crippen LogP contribution in [0.3, 0.4) is 0 Å². The Hall–Kier alpha value is -2.38. The van der Waals surface area contributed by atoms with Gasteiger partial charge in [-0.1, -0.05) is 0 Å². The molecule has 17 heavy (non-hydrogen) atoms. The predicted octanol–water partition coefficient (Wildman–Crippen LogP) is -0.161. The SMILES string of the molecule is Cc1n[nH]c(C)c1NC(=O)Cn1ncc(N)n1. The molecule has 2 aromatic rings. The van der Waals surface area contributed by atoms with E-state index in [1.807, 2.05) is 13.8 Å². The van der Waals surface area contributed by atoms with Crippen molar-refractivity contribution in [2.45, 2.75) is 20.4 Å². The second-order valence-electron chi connectivity index (χ2n) is 3.66. The Morgan fingerprint density at radius 2 is 2.35 bits per heavy atom. The number of nitrogens with zero attached hydrogens (tertiary/aromatic N) is 4. The molecule has 1 amide bonds. The fourth-order valence-electron chi connectivity index (χ4n) is 1.43. The molecule has 0 bridgehead atoms. The summed E-state index contributed by atoms with van der Waals surface area (Å²) in [6.45, 7) is 3.66. The van der Waals surface area contributed by atoms with Gasteiger partial charge in [-0.25, -0.2) is 0 Å². The summed E-state index contributed by atoms with van der Waals surface area (Å²) in [5, 5.41) is 17.2. The zero-order chi connectivity index (χ0) is 12.4. The molecule has 0 saturated carbocycles. The van der Waals surface area contributed by atoms with Gasteiger partial charge in [-0.2, -0.15) is 15.0 Å². The summed E-state index contributed by atoms with van der Waals surface area (Å²) >= 11 is 0. The number of aromatic nitrogens is 5. The van der Waals surface area contributed by atoms with E-state index in [0.717, 1.165) is 11.4 Å². The van der Waals surface area contributed by atoms with Gasteiger partial charge in [-0.15, -0.1) is 5.10 Å². The number of rotatable bonds is 3. The minimum atomic E-state index is -0.229. The molecule has 8 nitrogen and oxygen atoms in total. The van der Waals surface area contributed by atoms with Crippen molar-refractivity contribution in [3.8, 4) is 0 Å². The number of amides is 1. The van der Waals surface area contributed by atoms with Crippen LogP contribution in [0.1, 0.15) is 11.4 Å². The summed E-state index contributed by atoms with van der Waals surface area (Å²) in [6, 6.07) is 0. The topological polar surface area (TPSA) is 115 Å². The number of carbonyl (C=O) groups excluding carboxylic acids is 1. The van der Waals surface area contributed by atoms with Crippen molar-refractivity contribution >= 4 is 17.4 Å². The highest BCUT2D eigenvalue weighted by Gasteiger charge is 2.11.